The van der Waals surface area contributed by atoms with E-state index in [0.29, 0.717) is 47.6 Å². The Hall–Kier alpha value is -3.39. The molecule has 1 aliphatic heterocycles. The maximum absolute atomic E-state index is 13.8. The minimum Gasteiger partial charge on any atom is -0.481 e. The minimum atomic E-state index is -0.976. The van der Waals surface area contributed by atoms with Crippen molar-refractivity contribution in [2.45, 2.75) is 44.6 Å². The lowest BCUT2D eigenvalue weighted by molar-refractivity contribution is -0.139. The summed E-state index contributed by atoms with van der Waals surface area (Å²) in [6.45, 7) is 4.53. The summed E-state index contributed by atoms with van der Waals surface area (Å²) in [4.78, 5) is 39.7. The van der Waals surface area contributed by atoms with Crippen molar-refractivity contribution in [3.8, 4) is 0 Å². The minimum absolute atomic E-state index is 0.0480. The molecule has 1 saturated heterocycles. The van der Waals surface area contributed by atoms with Crippen LogP contribution in [0.5, 0.6) is 0 Å². The predicted octanol–water partition coefficient (Wildman–Crippen LogP) is 3.63. The number of likely N-dealkylation sites (tertiary alicyclic amines) is 1. The van der Waals surface area contributed by atoms with Gasteiger partial charge < -0.3 is 21.1 Å². The highest BCUT2D eigenvalue weighted by atomic mass is 35.5. The molecule has 1 heterocycles. The van der Waals surface area contributed by atoms with Crippen LogP contribution >= 0.6 is 11.6 Å². The van der Waals surface area contributed by atoms with Gasteiger partial charge in [0.2, 0.25) is 5.91 Å². The molecule has 3 rings (SSSR count). The lowest BCUT2D eigenvalue weighted by atomic mass is 9.79. The fourth-order valence-electron chi connectivity index (χ4n) is 4.58. The molecule has 0 radical (unpaired) electrons. The van der Waals surface area contributed by atoms with Crippen molar-refractivity contribution in [2.24, 2.45) is 11.7 Å². The summed E-state index contributed by atoms with van der Waals surface area (Å²) in [5.41, 5.74) is 6.10. The van der Waals surface area contributed by atoms with Crippen molar-refractivity contribution >= 4 is 35.2 Å². The number of nitrogens with zero attached hydrogens (tertiary/aromatic N) is 1. The van der Waals surface area contributed by atoms with Gasteiger partial charge in [0, 0.05) is 35.7 Å². The molecule has 35 heavy (non-hydrogen) atoms. The summed E-state index contributed by atoms with van der Waals surface area (Å²) in [5.74, 6) is -2.07. The molecule has 0 bridgehead atoms. The number of piperidine rings is 1. The number of carbonyl (C=O) groups is 3. The summed E-state index contributed by atoms with van der Waals surface area (Å²) in [6.07, 6.45) is 1.34. The fraction of sp³-hybridized carbons (Fsp3) is 0.385. The largest absolute Gasteiger partial charge is 0.481 e. The van der Waals surface area contributed by atoms with E-state index >= 15 is 0 Å². The number of benzene rings is 2. The second-order valence-electron chi connectivity index (χ2n) is 9.52. The summed E-state index contributed by atoms with van der Waals surface area (Å²) in [7, 11) is 0. The number of aliphatic carboxylic acids is 1. The average Bonchev–Trinajstić information content (AvgIpc) is 2.79. The molecule has 0 spiro atoms. The lowest BCUT2D eigenvalue weighted by Gasteiger charge is -2.40. The smallest absolute Gasteiger partial charge is 0.303 e. The molecule has 1 unspecified atom stereocenters. The van der Waals surface area contributed by atoms with Crippen LogP contribution in [0.15, 0.2) is 48.5 Å². The van der Waals surface area contributed by atoms with Gasteiger partial charge in [-0.2, -0.15) is 0 Å². The number of nitrogen functional groups attached to an aromatic ring is 1. The molecule has 9 heteroatoms. The SMILES string of the molecule is CC(C)(NC(=O)c1ccc(C(=N)N)cc1)C(C(=O)N1CCC(CC(=O)O)CC1)c1cccc(Cl)c1. The zero-order valence-electron chi connectivity index (χ0n) is 19.9. The van der Waals surface area contributed by atoms with Crippen LogP contribution in [0.25, 0.3) is 0 Å². The van der Waals surface area contributed by atoms with Gasteiger partial charge in [-0.15, -0.1) is 0 Å². The molecular formula is C26H31ClN4O4. The van der Waals surface area contributed by atoms with Crippen LogP contribution in [0, 0.1) is 11.3 Å². The second kappa shape index (κ2) is 10.9. The van der Waals surface area contributed by atoms with Gasteiger partial charge in [0.15, 0.2) is 0 Å². The Morgan fingerprint density at radius 2 is 1.74 bits per heavy atom. The van der Waals surface area contributed by atoms with Crippen LogP contribution in [0.2, 0.25) is 5.02 Å². The number of rotatable bonds is 8. The first-order valence-electron chi connectivity index (χ1n) is 11.5. The third kappa shape index (κ3) is 6.60. The topological polar surface area (TPSA) is 137 Å². The summed E-state index contributed by atoms with van der Waals surface area (Å²) in [6, 6.07) is 13.4. The summed E-state index contributed by atoms with van der Waals surface area (Å²) in [5, 5.41) is 20.1. The van der Waals surface area contributed by atoms with Crippen molar-refractivity contribution in [3.05, 3.63) is 70.2 Å². The van der Waals surface area contributed by atoms with E-state index in [1.165, 1.54) is 0 Å². The number of halogens is 1. The molecule has 5 N–H and O–H groups in total. The number of hydrogen-bond donors (Lipinski definition) is 4. The zero-order chi connectivity index (χ0) is 25.8. The van der Waals surface area contributed by atoms with Crippen molar-refractivity contribution in [2.75, 3.05) is 13.1 Å². The first-order chi connectivity index (χ1) is 16.5. The van der Waals surface area contributed by atoms with Crippen LogP contribution in [0.1, 0.15) is 60.5 Å². The molecule has 1 aliphatic rings. The number of carboxylic acids is 1. The van der Waals surface area contributed by atoms with E-state index < -0.39 is 17.4 Å². The van der Waals surface area contributed by atoms with Crippen molar-refractivity contribution in [3.63, 3.8) is 0 Å². The first-order valence-corrected chi connectivity index (χ1v) is 11.9. The van der Waals surface area contributed by atoms with Crippen LogP contribution in [-0.4, -0.2) is 52.3 Å². The highest BCUT2D eigenvalue weighted by molar-refractivity contribution is 6.30. The summed E-state index contributed by atoms with van der Waals surface area (Å²) < 4.78 is 0. The molecule has 8 nitrogen and oxygen atoms in total. The monoisotopic (exact) mass is 498 g/mol. The first kappa shape index (κ1) is 26.2. The zero-order valence-corrected chi connectivity index (χ0v) is 20.6. The van der Waals surface area contributed by atoms with E-state index in [1.807, 2.05) is 6.07 Å². The van der Waals surface area contributed by atoms with E-state index in [0.717, 1.165) is 0 Å². The van der Waals surface area contributed by atoms with Gasteiger partial charge in [-0.1, -0.05) is 35.9 Å². The van der Waals surface area contributed by atoms with Crippen LogP contribution in [0.3, 0.4) is 0 Å². The molecule has 2 amide bonds. The number of nitrogens with one attached hydrogen (secondary N) is 2. The third-order valence-electron chi connectivity index (χ3n) is 6.43. The number of amidine groups is 1. The molecule has 186 valence electrons. The highest BCUT2D eigenvalue weighted by Crippen LogP contribution is 2.34. The Balaban J connectivity index is 1.84. The fourth-order valence-corrected chi connectivity index (χ4v) is 4.78. The molecule has 0 aliphatic carbocycles. The Morgan fingerprint density at radius 3 is 2.29 bits per heavy atom. The van der Waals surface area contributed by atoms with E-state index in [9.17, 15) is 14.4 Å². The molecule has 1 fully saturated rings. The standard InChI is InChI=1S/C26H31ClN4O4/c1-26(2,30-24(34)18-8-6-17(7-9-18)23(28)29)22(19-4-3-5-20(27)15-19)25(35)31-12-10-16(11-13-31)14-21(32)33/h3-9,15-16,22H,10-14H2,1-2H3,(H3,28,29)(H,30,34)(H,32,33). The maximum Gasteiger partial charge on any atom is 0.303 e. The number of carbonyl (C=O) groups excluding carboxylic acids is 2. The molecule has 2 aromatic carbocycles. The highest BCUT2D eigenvalue weighted by Gasteiger charge is 2.41. The number of hydrogen-bond acceptors (Lipinski definition) is 4. The molecule has 0 aromatic heterocycles. The Kier molecular flexibility index (Phi) is 8.17. The molecular weight excluding hydrogens is 468 g/mol. The lowest BCUT2D eigenvalue weighted by Crippen LogP contribution is -2.54. The second-order valence-corrected chi connectivity index (χ2v) is 9.96. The van der Waals surface area contributed by atoms with Crippen LogP contribution in [0.4, 0.5) is 0 Å². The Labute approximate surface area is 210 Å². The number of nitrogens with two attached hydrogens (primary N) is 1. The van der Waals surface area contributed by atoms with Gasteiger partial charge in [-0.3, -0.25) is 19.8 Å². The van der Waals surface area contributed by atoms with Gasteiger partial charge in [0.05, 0.1) is 11.5 Å². The van der Waals surface area contributed by atoms with E-state index in [-0.39, 0.29) is 30.0 Å². The van der Waals surface area contributed by atoms with Gasteiger partial charge in [-0.25, -0.2) is 0 Å². The maximum atomic E-state index is 13.8. The van der Waals surface area contributed by atoms with E-state index in [1.54, 1.807) is 61.2 Å². The van der Waals surface area contributed by atoms with Gasteiger partial charge in [-0.05, 0) is 62.4 Å². The Morgan fingerprint density at radius 1 is 1.14 bits per heavy atom. The predicted molar refractivity (Wildman–Crippen MR) is 135 cm³/mol. The normalized spacial score (nSPS) is 15.3. The molecule has 2 aromatic rings. The third-order valence-corrected chi connectivity index (χ3v) is 6.67. The molecule has 1 atom stereocenters. The van der Waals surface area contributed by atoms with Gasteiger partial charge >= 0.3 is 5.97 Å². The van der Waals surface area contributed by atoms with Gasteiger partial charge in [0.1, 0.15) is 5.84 Å². The number of amides is 2. The Bertz CT molecular complexity index is 1110. The van der Waals surface area contributed by atoms with Crippen molar-refractivity contribution in [1.82, 2.24) is 10.2 Å². The van der Waals surface area contributed by atoms with Crippen LogP contribution < -0.4 is 11.1 Å². The van der Waals surface area contributed by atoms with Crippen LogP contribution in [-0.2, 0) is 9.59 Å². The quantitative estimate of drug-likeness (QED) is 0.325. The summed E-state index contributed by atoms with van der Waals surface area (Å²) >= 11 is 6.24. The van der Waals surface area contributed by atoms with E-state index in [4.69, 9.17) is 27.9 Å². The van der Waals surface area contributed by atoms with Crippen molar-refractivity contribution < 1.29 is 19.5 Å². The van der Waals surface area contributed by atoms with Crippen molar-refractivity contribution in [1.29, 1.82) is 5.41 Å². The number of carboxylic acid groups (broad SMARTS) is 1. The average molecular weight is 499 g/mol. The van der Waals surface area contributed by atoms with E-state index in [2.05, 4.69) is 5.32 Å². The van der Waals surface area contributed by atoms with Gasteiger partial charge in [0.25, 0.3) is 5.91 Å². The molecule has 0 saturated carbocycles.